The van der Waals surface area contributed by atoms with Crippen molar-refractivity contribution in [2.75, 3.05) is 19.7 Å². The Morgan fingerprint density at radius 3 is 2.72 bits per heavy atom. The second-order valence-corrected chi connectivity index (χ2v) is 7.42. The summed E-state index contributed by atoms with van der Waals surface area (Å²) < 4.78 is 12.0. The molecule has 0 aliphatic carbocycles. The van der Waals surface area contributed by atoms with E-state index >= 15 is 0 Å². The number of piperidine rings is 1. The summed E-state index contributed by atoms with van der Waals surface area (Å²) in [6.07, 6.45) is 2.87. The molecule has 10 heteroatoms. The number of nitrogens with zero attached hydrogens (tertiary/aromatic N) is 4. The minimum absolute atomic E-state index is 0.0617. The van der Waals surface area contributed by atoms with Gasteiger partial charge in [-0.25, -0.2) is 4.68 Å². The van der Waals surface area contributed by atoms with Crippen LogP contribution in [0.5, 0.6) is 0 Å². The lowest BCUT2D eigenvalue weighted by Gasteiger charge is -2.31. The summed E-state index contributed by atoms with van der Waals surface area (Å²) in [5.74, 6) is -0.469. The zero-order chi connectivity index (χ0) is 22.7. The van der Waals surface area contributed by atoms with E-state index in [1.807, 2.05) is 0 Å². The van der Waals surface area contributed by atoms with Crippen LogP contribution in [-0.4, -0.2) is 51.2 Å². The van der Waals surface area contributed by atoms with E-state index in [9.17, 15) is 19.7 Å². The zero-order valence-electron chi connectivity index (χ0n) is 17.5. The Morgan fingerprint density at radius 2 is 2.06 bits per heavy atom. The first-order valence-electron chi connectivity index (χ1n) is 10.3. The summed E-state index contributed by atoms with van der Waals surface area (Å²) in [5.41, 5.74) is 1.16. The van der Waals surface area contributed by atoms with Crippen LogP contribution in [0.4, 0.5) is 5.69 Å². The SMILES string of the molecule is CCOC(=O)C1CCCN(C(=O)c2cc(-c3ccco3)nn2-c2ccc([N+](=O)[O-])cc2)C1. The maximum Gasteiger partial charge on any atom is 0.310 e. The van der Waals surface area contributed by atoms with E-state index in [0.717, 1.165) is 0 Å². The van der Waals surface area contributed by atoms with E-state index in [2.05, 4.69) is 5.10 Å². The fraction of sp³-hybridized carbons (Fsp3) is 0.318. The zero-order valence-corrected chi connectivity index (χ0v) is 17.5. The number of ether oxygens (including phenoxy) is 1. The van der Waals surface area contributed by atoms with Crippen LogP contribution >= 0.6 is 0 Å². The van der Waals surface area contributed by atoms with Gasteiger partial charge in [0.25, 0.3) is 11.6 Å². The molecule has 0 radical (unpaired) electrons. The van der Waals surface area contributed by atoms with Gasteiger partial charge in [-0.2, -0.15) is 5.10 Å². The average Bonchev–Trinajstić information content (AvgIpc) is 3.49. The highest BCUT2D eigenvalue weighted by Gasteiger charge is 2.32. The van der Waals surface area contributed by atoms with Crippen LogP contribution in [0, 0.1) is 16.0 Å². The van der Waals surface area contributed by atoms with E-state index in [4.69, 9.17) is 9.15 Å². The highest BCUT2D eigenvalue weighted by atomic mass is 16.6. The Hall–Kier alpha value is -3.95. The Bertz CT molecular complexity index is 1120. The summed E-state index contributed by atoms with van der Waals surface area (Å²) in [4.78, 5) is 37.8. The molecule has 1 aliphatic heterocycles. The van der Waals surface area contributed by atoms with Gasteiger partial charge >= 0.3 is 5.97 Å². The molecule has 1 aliphatic rings. The number of likely N-dealkylation sites (tertiary alicyclic amines) is 1. The number of nitro groups is 1. The number of hydrogen-bond donors (Lipinski definition) is 0. The van der Waals surface area contributed by atoms with Crippen molar-refractivity contribution in [3.05, 3.63) is 64.5 Å². The van der Waals surface area contributed by atoms with Gasteiger partial charge in [-0.3, -0.25) is 19.7 Å². The third kappa shape index (κ3) is 4.25. The molecular weight excluding hydrogens is 416 g/mol. The van der Waals surface area contributed by atoms with Crippen LogP contribution < -0.4 is 0 Å². The number of amides is 1. The number of carbonyl (C=O) groups is 2. The molecule has 3 heterocycles. The van der Waals surface area contributed by atoms with Crippen molar-refractivity contribution in [2.45, 2.75) is 19.8 Å². The minimum atomic E-state index is -0.490. The molecule has 2 aromatic heterocycles. The monoisotopic (exact) mass is 438 g/mol. The number of carbonyl (C=O) groups excluding carboxylic acids is 2. The standard InChI is InChI=1S/C22H22N4O6/c1-2-31-22(28)15-5-3-11-24(14-15)21(27)19-13-18(20-6-4-12-32-20)23-25(19)16-7-9-17(10-8-16)26(29)30/h4,6-10,12-13,15H,2-3,5,11,14H2,1H3. The molecule has 1 saturated heterocycles. The molecule has 32 heavy (non-hydrogen) atoms. The van der Waals surface area contributed by atoms with Crippen LogP contribution in [0.2, 0.25) is 0 Å². The maximum atomic E-state index is 13.5. The summed E-state index contributed by atoms with van der Waals surface area (Å²) in [7, 11) is 0. The fourth-order valence-electron chi connectivity index (χ4n) is 3.77. The first kappa shape index (κ1) is 21.3. The number of furan rings is 1. The summed E-state index contributed by atoms with van der Waals surface area (Å²) in [6, 6.07) is 10.9. The first-order chi connectivity index (χ1) is 15.5. The number of rotatable bonds is 6. The molecule has 1 atom stereocenters. The number of hydrogen-bond acceptors (Lipinski definition) is 7. The van der Waals surface area contributed by atoms with Crippen LogP contribution in [0.15, 0.2) is 53.1 Å². The summed E-state index contributed by atoms with van der Waals surface area (Å²) >= 11 is 0. The van der Waals surface area contributed by atoms with Gasteiger partial charge in [0.2, 0.25) is 0 Å². The Kier molecular flexibility index (Phi) is 6.02. The second-order valence-electron chi connectivity index (χ2n) is 7.42. The third-order valence-corrected chi connectivity index (χ3v) is 5.34. The van der Waals surface area contributed by atoms with Crippen molar-refractivity contribution in [3.8, 4) is 17.1 Å². The minimum Gasteiger partial charge on any atom is -0.466 e. The lowest BCUT2D eigenvalue weighted by atomic mass is 9.98. The first-order valence-corrected chi connectivity index (χ1v) is 10.3. The molecule has 1 aromatic carbocycles. The molecule has 0 spiro atoms. The van der Waals surface area contributed by atoms with Crippen molar-refractivity contribution in [3.63, 3.8) is 0 Å². The van der Waals surface area contributed by atoms with Crippen molar-refractivity contribution >= 4 is 17.6 Å². The van der Waals surface area contributed by atoms with Crippen molar-refractivity contribution < 1.29 is 23.7 Å². The van der Waals surface area contributed by atoms with Gasteiger partial charge in [0.05, 0.1) is 29.4 Å². The van der Waals surface area contributed by atoms with Gasteiger partial charge in [0.1, 0.15) is 11.4 Å². The number of nitro benzene ring substituents is 1. The van der Waals surface area contributed by atoms with E-state index in [1.165, 1.54) is 35.2 Å². The lowest BCUT2D eigenvalue weighted by Crippen LogP contribution is -2.43. The smallest absolute Gasteiger partial charge is 0.310 e. The van der Waals surface area contributed by atoms with E-state index < -0.39 is 4.92 Å². The molecule has 4 rings (SSSR count). The van der Waals surface area contributed by atoms with Gasteiger partial charge in [-0.1, -0.05) is 0 Å². The van der Waals surface area contributed by atoms with Crippen molar-refractivity contribution in [2.24, 2.45) is 5.92 Å². The molecule has 3 aromatic rings. The number of aromatic nitrogens is 2. The van der Waals surface area contributed by atoms with Crippen molar-refractivity contribution in [1.29, 1.82) is 0 Å². The Labute approximate surface area is 183 Å². The highest BCUT2D eigenvalue weighted by molar-refractivity contribution is 5.94. The molecule has 1 amide bonds. The van der Waals surface area contributed by atoms with Crippen LogP contribution in [0.25, 0.3) is 17.1 Å². The van der Waals surface area contributed by atoms with Gasteiger partial charge in [0.15, 0.2) is 5.76 Å². The fourth-order valence-corrected chi connectivity index (χ4v) is 3.77. The Balaban J connectivity index is 1.68. The van der Waals surface area contributed by atoms with Crippen LogP contribution in [0.1, 0.15) is 30.3 Å². The maximum absolute atomic E-state index is 13.5. The number of non-ortho nitro benzene ring substituents is 1. The number of benzene rings is 1. The predicted octanol–water partition coefficient (Wildman–Crippen LogP) is 3.46. The van der Waals surface area contributed by atoms with Crippen molar-refractivity contribution in [1.82, 2.24) is 14.7 Å². The highest BCUT2D eigenvalue weighted by Crippen LogP contribution is 2.26. The van der Waals surface area contributed by atoms with Crippen LogP contribution in [0.3, 0.4) is 0 Å². The van der Waals surface area contributed by atoms with E-state index in [1.54, 1.807) is 30.0 Å². The molecule has 1 unspecified atom stereocenters. The molecule has 0 saturated carbocycles. The van der Waals surface area contributed by atoms with Gasteiger partial charge < -0.3 is 14.1 Å². The summed E-state index contributed by atoms with van der Waals surface area (Å²) in [5, 5.41) is 15.5. The topological polar surface area (TPSA) is 121 Å². The molecule has 0 bridgehead atoms. The number of esters is 1. The normalized spacial score (nSPS) is 16.0. The molecule has 1 fully saturated rings. The molecular formula is C22H22N4O6. The lowest BCUT2D eigenvalue weighted by molar-refractivity contribution is -0.384. The predicted molar refractivity (Wildman–Crippen MR) is 113 cm³/mol. The largest absolute Gasteiger partial charge is 0.466 e. The van der Waals surface area contributed by atoms with Crippen LogP contribution in [-0.2, 0) is 9.53 Å². The van der Waals surface area contributed by atoms with E-state index in [-0.39, 0.29) is 35.7 Å². The van der Waals surface area contributed by atoms with Gasteiger partial charge in [-0.15, -0.1) is 0 Å². The third-order valence-electron chi connectivity index (χ3n) is 5.34. The molecule has 10 nitrogen and oxygen atoms in total. The van der Waals surface area contributed by atoms with E-state index in [0.29, 0.717) is 43.1 Å². The quantitative estimate of drug-likeness (QED) is 0.328. The van der Waals surface area contributed by atoms with Gasteiger partial charge in [0, 0.05) is 31.3 Å². The molecule has 166 valence electrons. The molecule has 0 N–H and O–H groups in total. The second kappa shape index (κ2) is 9.04. The average molecular weight is 438 g/mol. The summed E-state index contributed by atoms with van der Waals surface area (Å²) in [6.45, 7) is 2.82. The van der Waals surface area contributed by atoms with Gasteiger partial charge in [-0.05, 0) is 44.0 Å². The Morgan fingerprint density at radius 1 is 1.28 bits per heavy atom.